The molecule has 0 aliphatic carbocycles. The van der Waals surface area contributed by atoms with Crippen LogP contribution in [0, 0.1) is 11.5 Å². The van der Waals surface area contributed by atoms with Gasteiger partial charge in [-0.1, -0.05) is 31.6 Å². The predicted octanol–water partition coefficient (Wildman–Crippen LogP) is 1.90. The van der Waals surface area contributed by atoms with E-state index in [1.54, 1.807) is 12.1 Å². The van der Waals surface area contributed by atoms with Crippen molar-refractivity contribution >= 4 is 19.4 Å². The molecule has 0 saturated carbocycles. The van der Waals surface area contributed by atoms with Crippen LogP contribution >= 0.6 is 0 Å². The van der Waals surface area contributed by atoms with E-state index in [9.17, 15) is 4.55 Å². The lowest BCUT2D eigenvalue weighted by atomic mass is 10.2. The van der Waals surface area contributed by atoms with Gasteiger partial charge < -0.3 is 4.55 Å². The molecule has 0 amide bonds. The van der Waals surface area contributed by atoms with Crippen molar-refractivity contribution in [1.29, 1.82) is 0 Å². The molecule has 15 heavy (non-hydrogen) atoms. The summed E-state index contributed by atoms with van der Waals surface area (Å²) in [5.41, 5.74) is 4.14. The highest BCUT2D eigenvalue weighted by Crippen LogP contribution is 2.09. The third kappa shape index (κ3) is 4.54. The SMILES string of the molecule is C[Si](C)(C)C#Cc1cccc([S+](N)[O-])c1. The van der Waals surface area contributed by atoms with E-state index in [-0.39, 0.29) is 0 Å². The molecule has 0 aliphatic rings. The standard InChI is InChI=1S/C11H15NOSSi/c1-15(2,3)8-7-10-5-4-6-11(9-10)14(12)13/h4-6,9H,12H2,1-3H3. The molecule has 2 N–H and O–H groups in total. The second-order valence-electron chi connectivity index (χ2n) is 4.33. The molecule has 80 valence electrons. The Bertz CT molecular complexity index is 401. The van der Waals surface area contributed by atoms with Gasteiger partial charge >= 0.3 is 0 Å². The number of rotatable bonds is 1. The van der Waals surface area contributed by atoms with Crippen LogP contribution in [0.15, 0.2) is 29.2 Å². The number of benzene rings is 1. The molecule has 2 nitrogen and oxygen atoms in total. The van der Waals surface area contributed by atoms with Gasteiger partial charge in [0.1, 0.15) is 8.07 Å². The smallest absolute Gasteiger partial charge is 0.174 e. The average Bonchev–Trinajstić information content (AvgIpc) is 2.14. The molecule has 1 unspecified atom stereocenters. The zero-order valence-electron chi connectivity index (χ0n) is 9.20. The van der Waals surface area contributed by atoms with Gasteiger partial charge in [0.05, 0.1) is 11.4 Å². The van der Waals surface area contributed by atoms with E-state index in [0.29, 0.717) is 4.90 Å². The lowest BCUT2D eigenvalue weighted by molar-refractivity contribution is 0.596. The van der Waals surface area contributed by atoms with Crippen molar-refractivity contribution in [3.63, 3.8) is 0 Å². The molecule has 1 atom stereocenters. The van der Waals surface area contributed by atoms with Crippen LogP contribution < -0.4 is 5.14 Å². The molecule has 0 spiro atoms. The molecule has 1 rings (SSSR count). The zero-order valence-corrected chi connectivity index (χ0v) is 11.0. The fourth-order valence-corrected chi connectivity index (χ4v) is 1.93. The van der Waals surface area contributed by atoms with Crippen LogP contribution in [0.25, 0.3) is 0 Å². The Morgan fingerprint density at radius 1 is 1.33 bits per heavy atom. The minimum absolute atomic E-state index is 0.623. The van der Waals surface area contributed by atoms with E-state index >= 15 is 0 Å². The molecule has 0 aliphatic heterocycles. The van der Waals surface area contributed by atoms with Crippen LogP contribution in [0.5, 0.6) is 0 Å². The average molecular weight is 237 g/mol. The fraction of sp³-hybridized carbons (Fsp3) is 0.273. The zero-order chi connectivity index (χ0) is 11.5. The molecular weight excluding hydrogens is 222 g/mol. The Hall–Kier alpha value is -0.733. The summed E-state index contributed by atoms with van der Waals surface area (Å²) in [4.78, 5) is 0.623. The van der Waals surface area contributed by atoms with Gasteiger partial charge in [-0.25, -0.2) is 0 Å². The fourth-order valence-electron chi connectivity index (χ4n) is 0.959. The monoisotopic (exact) mass is 237 g/mol. The summed E-state index contributed by atoms with van der Waals surface area (Å²) in [5, 5.41) is 5.30. The van der Waals surface area contributed by atoms with E-state index in [1.165, 1.54) is 0 Å². The number of hydrogen-bond donors (Lipinski definition) is 1. The highest BCUT2D eigenvalue weighted by molar-refractivity contribution is 7.89. The Morgan fingerprint density at radius 3 is 2.53 bits per heavy atom. The van der Waals surface area contributed by atoms with Crippen LogP contribution in [-0.4, -0.2) is 12.6 Å². The number of hydrogen-bond acceptors (Lipinski definition) is 2. The molecular formula is C11H15NOSSi. The Balaban J connectivity index is 2.95. The van der Waals surface area contributed by atoms with Crippen molar-refractivity contribution in [3.05, 3.63) is 29.8 Å². The summed E-state index contributed by atoms with van der Waals surface area (Å²) < 4.78 is 11.0. The summed E-state index contributed by atoms with van der Waals surface area (Å²) in [5.74, 6) is 3.10. The van der Waals surface area contributed by atoms with Gasteiger partial charge in [0.2, 0.25) is 0 Å². The van der Waals surface area contributed by atoms with E-state index in [0.717, 1.165) is 5.56 Å². The molecule has 4 heteroatoms. The van der Waals surface area contributed by atoms with Crippen LogP contribution in [0.4, 0.5) is 0 Å². The third-order valence-corrected chi connectivity index (χ3v) is 3.24. The summed E-state index contributed by atoms with van der Waals surface area (Å²) in [7, 11) is -1.35. The molecule has 1 aromatic carbocycles. The van der Waals surface area contributed by atoms with E-state index < -0.39 is 19.4 Å². The number of nitrogens with two attached hydrogens (primary N) is 1. The van der Waals surface area contributed by atoms with Gasteiger partial charge in [-0.3, -0.25) is 0 Å². The molecule has 0 aromatic heterocycles. The van der Waals surface area contributed by atoms with Gasteiger partial charge in [-0.05, 0) is 12.1 Å². The Morgan fingerprint density at radius 2 is 2.00 bits per heavy atom. The first kappa shape index (κ1) is 12.3. The quantitative estimate of drug-likeness (QED) is 0.461. The first-order chi connectivity index (χ1) is 6.88. The highest BCUT2D eigenvalue weighted by atomic mass is 32.2. The normalized spacial score (nSPS) is 12.9. The maximum absolute atomic E-state index is 11.0. The van der Waals surface area contributed by atoms with Gasteiger partial charge in [0, 0.05) is 11.6 Å². The van der Waals surface area contributed by atoms with Gasteiger partial charge in [0.25, 0.3) is 0 Å². The molecule has 0 fully saturated rings. The van der Waals surface area contributed by atoms with Crippen molar-refractivity contribution in [2.24, 2.45) is 5.14 Å². The molecule has 0 saturated heterocycles. The first-order valence-corrected chi connectivity index (χ1v) is 9.39. The van der Waals surface area contributed by atoms with Crippen LogP contribution in [-0.2, 0) is 11.4 Å². The van der Waals surface area contributed by atoms with Crippen molar-refractivity contribution < 1.29 is 4.55 Å². The van der Waals surface area contributed by atoms with Crippen molar-refractivity contribution in [1.82, 2.24) is 0 Å². The van der Waals surface area contributed by atoms with Crippen LogP contribution in [0.3, 0.4) is 0 Å². The molecule has 0 radical (unpaired) electrons. The minimum Gasteiger partial charge on any atom is -0.593 e. The third-order valence-electron chi connectivity index (χ3n) is 1.65. The Labute approximate surface area is 95.2 Å². The van der Waals surface area contributed by atoms with Crippen LogP contribution in [0.1, 0.15) is 5.56 Å². The van der Waals surface area contributed by atoms with Gasteiger partial charge in [-0.15, -0.1) is 10.7 Å². The van der Waals surface area contributed by atoms with E-state index in [2.05, 4.69) is 31.1 Å². The highest BCUT2D eigenvalue weighted by Gasteiger charge is 2.08. The van der Waals surface area contributed by atoms with Crippen molar-refractivity contribution in [3.8, 4) is 11.5 Å². The lowest BCUT2D eigenvalue weighted by Crippen LogP contribution is -2.16. The molecule has 0 bridgehead atoms. The van der Waals surface area contributed by atoms with Gasteiger partial charge in [0.15, 0.2) is 4.90 Å². The lowest BCUT2D eigenvalue weighted by Gasteiger charge is -2.04. The maximum Gasteiger partial charge on any atom is 0.174 e. The second-order valence-corrected chi connectivity index (χ2v) is 10.1. The summed E-state index contributed by atoms with van der Waals surface area (Å²) in [6, 6.07) is 7.26. The predicted molar refractivity (Wildman–Crippen MR) is 67.3 cm³/mol. The van der Waals surface area contributed by atoms with E-state index in [1.807, 2.05) is 12.1 Å². The van der Waals surface area contributed by atoms with Crippen LogP contribution in [0.2, 0.25) is 19.6 Å². The molecule has 0 heterocycles. The first-order valence-electron chi connectivity index (χ1n) is 4.68. The summed E-state index contributed by atoms with van der Waals surface area (Å²) in [6.45, 7) is 6.56. The minimum atomic E-state index is -1.42. The summed E-state index contributed by atoms with van der Waals surface area (Å²) >= 11 is -1.42. The van der Waals surface area contributed by atoms with Crippen molar-refractivity contribution in [2.45, 2.75) is 24.5 Å². The summed E-state index contributed by atoms with van der Waals surface area (Å²) in [6.07, 6.45) is 0. The topological polar surface area (TPSA) is 49.1 Å². The largest absolute Gasteiger partial charge is 0.593 e. The van der Waals surface area contributed by atoms with Crippen molar-refractivity contribution in [2.75, 3.05) is 0 Å². The second kappa shape index (κ2) is 4.86. The van der Waals surface area contributed by atoms with Gasteiger partial charge in [-0.2, -0.15) is 0 Å². The van der Waals surface area contributed by atoms with E-state index in [4.69, 9.17) is 5.14 Å². The Kier molecular flexibility index (Phi) is 4.00. The maximum atomic E-state index is 11.0. The molecule has 1 aromatic rings.